The third kappa shape index (κ3) is 6.58. The second kappa shape index (κ2) is 5.22. The van der Waals surface area contributed by atoms with E-state index >= 15 is 0 Å². The van der Waals surface area contributed by atoms with Gasteiger partial charge in [-0.25, -0.2) is 0 Å². The monoisotopic (exact) mass is 187 g/mol. The van der Waals surface area contributed by atoms with Crippen LogP contribution in [-0.2, 0) is 4.79 Å². The summed E-state index contributed by atoms with van der Waals surface area (Å²) in [6, 6.07) is 0. The van der Waals surface area contributed by atoms with Gasteiger partial charge >= 0.3 is 5.97 Å². The van der Waals surface area contributed by atoms with Crippen LogP contribution in [0.25, 0.3) is 0 Å². The third-order valence-electron chi connectivity index (χ3n) is 1.93. The van der Waals surface area contributed by atoms with Gasteiger partial charge in [0.15, 0.2) is 0 Å². The number of carbonyl (C=O) groups is 1. The molecule has 0 radical (unpaired) electrons. The Balaban J connectivity index is 3.92. The smallest absolute Gasteiger partial charge is 0.303 e. The minimum Gasteiger partial charge on any atom is -0.481 e. The normalized spacial score (nSPS) is 12.1. The van der Waals surface area contributed by atoms with Crippen LogP contribution >= 0.6 is 0 Å². The summed E-state index contributed by atoms with van der Waals surface area (Å²) in [6.45, 7) is 7.98. The Morgan fingerprint density at radius 1 is 1.46 bits per heavy atom. The highest BCUT2D eigenvalue weighted by molar-refractivity contribution is 5.67. The van der Waals surface area contributed by atoms with Crippen molar-refractivity contribution in [3.05, 3.63) is 0 Å². The molecule has 0 heterocycles. The first kappa shape index (κ1) is 12.4. The van der Waals surface area contributed by atoms with Crippen molar-refractivity contribution < 1.29 is 9.90 Å². The molecule has 0 spiro atoms. The van der Waals surface area contributed by atoms with E-state index in [0.717, 1.165) is 19.5 Å². The van der Waals surface area contributed by atoms with E-state index in [9.17, 15) is 4.79 Å². The lowest BCUT2D eigenvalue weighted by Gasteiger charge is -2.28. The molecule has 0 saturated heterocycles. The zero-order valence-corrected chi connectivity index (χ0v) is 9.13. The first-order chi connectivity index (χ1) is 5.87. The second-order valence-corrected chi connectivity index (χ2v) is 4.47. The SMILES string of the molecule is CCCN(C)CC(C)(C)CC(=O)O. The van der Waals surface area contributed by atoms with Gasteiger partial charge in [-0.3, -0.25) is 4.79 Å². The summed E-state index contributed by atoms with van der Waals surface area (Å²) in [7, 11) is 2.03. The van der Waals surface area contributed by atoms with Crippen LogP contribution in [0.2, 0.25) is 0 Å². The van der Waals surface area contributed by atoms with Gasteiger partial charge in [-0.1, -0.05) is 20.8 Å². The lowest BCUT2D eigenvalue weighted by Crippen LogP contribution is -2.33. The summed E-state index contributed by atoms with van der Waals surface area (Å²) in [5, 5.41) is 8.67. The molecule has 0 bridgehead atoms. The molecular formula is C10H21NO2. The van der Waals surface area contributed by atoms with Crippen LogP contribution in [0.3, 0.4) is 0 Å². The van der Waals surface area contributed by atoms with E-state index in [-0.39, 0.29) is 11.8 Å². The molecule has 13 heavy (non-hydrogen) atoms. The van der Waals surface area contributed by atoms with Gasteiger partial charge in [0.1, 0.15) is 0 Å². The Bertz CT molecular complexity index is 166. The van der Waals surface area contributed by atoms with E-state index in [2.05, 4.69) is 11.8 Å². The van der Waals surface area contributed by atoms with Crippen molar-refractivity contribution in [2.75, 3.05) is 20.1 Å². The minimum absolute atomic E-state index is 0.129. The van der Waals surface area contributed by atoms with Gasteiger partial charge < -0.3 is 10.0 Å². The fraction of sp³-hybridized carbons (Fsp3) is 0.900. The quantitative estimate of drug-likeness (QED) is 0.689. The van der Waals surface area contributed by atoms with E-state index in [4.69, 9.17) is 5.11 Å². The number of carboxylic acid groups (broad SMARTS) is 1. The van der Waals surface area contributed by atoms with Crippen LogP contribution in [0.1, 0.15) is 33.6 Å². The number of carboxylic acids is 1. The Morgan fingerprint density at radius 2 is 2.00 bits per heavy atom. The van der Waals surface area contributed by atoms with E-state index in [0.29, 0.717) is 0 Å². The van der Waals surface area contributed by atoms with E-state index in [1.54, 1.807) is 0 Å². The maximum atomic E-state index is 10.5. The molecule has 0 saturated carbocycles. The number of nitrogens with zero attached hydrogens (tertiary/aromatic N) is 1. The van der Waals surface area contributed by atoms with Gasteiger partial charge in [0.2, 0.25) is 0 Å². The molecule has 3 heteroatoms. The average Bonchev–Trinajstić information content (AvgIpc) is 1.81. The molecule has 3 nitrogen and oxygen atoms in total. The van der Waals surface area contributed by atoms with Crippen LogP contribution in [-0.4, -0.2) is 36.1 Å². The van der Waals surface area contributed by atoms with Crippen molar-refractivity contribution in [2.45, 2.75) is 33.6 Å². The van der Waals surface area contributed by atoms with Gasteiger partial charge in [-0.05, 0) is 25.4 Å². The summed E-state index contributed by atoms with van der Waals surface area (Å²) in [5.41, 5.74) is -0.129. The second-order valence-electron chi connectivity index (χ2n) is 4.47. The van der Waals surface area contributed by atoms with E-state index < -0.39 is 5.97 Å². The summed E-state index contributed by atoms with van der Waals surface area (Å²) in [5.74, 6) is -0.713. The number of aliphatic carboxylic acids is 1. The van der Waals surface area contributed by atoms with Gasteiger partial charge in [0.05, 0.1) is 6.42 Å². The van der Waals surface area contributed by atoms with Crippen LogP contribution in [0.4, 0.5) is 0 Å². The minimum atomic E-state index is -0.713. The predicted octanol–water partition coefficient (Wildman–Crippen LogP) is 1.83. The number of hydrogen-bond donors (Lipinski definition) is 1. The fourth-order valence-electron chi connectivity index (χ4n) is 1.66. The molecule has 78 valence electrons. The van der Waals surface area contributed by atoms with Crippen molar-refractivity contribution in [1.29, 1.82) is 0 Å². The standard InChI is InChI=1S/C10H21NO2/c1-5-6-11(4)8-10(2,3)7-9(12)13/h5-8H2,1-4H3,(H,12,13). The highest BCUT2D eigenvalue weighted by atomic mass is 16.4. The Hall–Kier alpha value is -0.570. The van der Waals surface area contributed by atoms with Crippen LogP contribution < -0.4 is 0 Å². The highest BCUT2D eigenvalue weighted by Gasteiger charge is 2.22. The highest BCUT2D eigenvalue weighted by Crippen LogP contribution is 2.21. The molecule has 0 amide bonds. The van der Waals surface area contributed by atoms with Gasteiger partial charge in [-0.2, -0.15) is 0 Å². The zero-order chi connectivity index (χ0) is 10.5. The number of hydrogen-bond acceptors (Lipinski definition) is 2. The van der Waals surface area contributed by atoms with Crippen molar-refractivity contribution in [3.8, 4) is 0 Å². The fourth-order valence-corrected chi connectivity index (χ4v) is 1.66. The predicted molar refractivity (Wildman–Crippen MR) is 53.8 cm³/mol. The molecule has 0 aromatic heterocycles. The first-order valence-electron chi connectivity index (χ1n) is 4.78. The van der Waals surface area contributed by atoms with E-state index in [1.807, 2.05) is 20.9 Å². The third-order valence-corrected chi connectivity index (χ3v) is 1.93. The number of rotatable bonds is 6. The Labute approximate surface area is 80.7 Å². The van der Waals surface area contributed by atoms with Crippen molar-refractivity contribution >= 4 is 5.97 Å². The van der Waals surface area contributed by atoms with Crippen molar-refractivity contribution in [3.63, 3.8) is 0 Å². The lowest BCUT2D eigenvalue weighted by molar-refractivity contribution is -0.139. The lowest BCUT2D eigenvalue weighted by atomic mass is 9.89. The van der Waals surface area contributed by atoms with E-state index in [1.165, 1.54) is 0 Å². The maximum Gasteiger partial charge on any atom is 0.303 e. The molecule has 0 aliphatic heterocycles. The van der Waals surface area contributed by atoms with Crippen LogP contribution in [0.5, 0.6) is 0 Å². The van der Waals surface area contributed by atoms with Crippen molar-refractivity contribution in [1.82, 2.24) is 4.90 Å². The van der Waals surface area contributed by atoms with Crippen molar-refractivity contribution in [2.24, 2.45) is 5.41 Å². The Morgan fingerprint density at radius 3 is 2.38 bits per heavy atom. The van der Waals surface area contributed by atoms with Gasteiger partial charge in [0, 0.05) is 6.54 Å². The largest absolute Gasteiger partial charge is 0.481 e. The topological polar surface area (TPSA) is 40.5 Å². The van der Waals surface area contributed by atoms with Crippen LogP contribution in [0.15, 0.2) is 0 Å². The summed E-state index contributed by atoms with van der Waals surface area (Å²) in [6.07, 6.45) is 1.35. The molecule has 0 unspecified atom stereocenters. The maximum absolute atomic E-state index is 10.5. The molecule has 0 aromatic carbocycles. The first-order valence-corrected chi connectivity index (χ1v) is 4.78. The molecule has 0 fully saturated rings. The van der Waals surface area contributed by atoms with Gasteiger partial charge in [0.25, 0.3) is 0 Å². The Kier molecular flexibility index (Phi) is 4.99. The molecule has 0 aliphatic carbocycles. The average molecular weight is 187 g/mol. The molecule has 0 rings (SSSR count). The molecule has 0 aliphatic rings. The molecule has 1 N–H and O–H groups in total. The zero-order valence-electron chi connectivity index (χ0n) is 9.13. The van der Waals surface area contributed by atoms with Gasteiger partial charge in [-0.15, -0.1) is 0 Å². The molecule has 0 aromatic rings. The summed E-state index contributed by atoms with van der Waals surface area (Å²) >= 11 is 0. The molecular weight excluding hydrogens is 166 g/mol. The molecule has 0 atom stereocenters. The van der Waals surface area contributed by atoms with Crippen LogP contribution in [0, 0.1) is 5.41 Å². The summed E-state index contributed by atoms with van der Waals surface area (Å²) < 4.78 is 0. The summed E-state index contributed by atoms with van der Waals surface area (Å²) in [4.78, 5) is 12.7.